The summed E-state index contributed by atoms with van der Waals surface area (Å²) in [7, 11) is 3.11. The molecule has 9 heteroatoms. The molecule has 1 N–H and O–H groups in total. The highest BCUT2D eigenvalue weighted by Gasteiger charge is 2.12. The van der Waals surface area contributed by atoms with Gasteiger partial charge in [-0.3, -0.25) is 9.59 Å². The molecule has 0 saturated carbocycles. The molecule has 0 bridgehead atoms. The Morgan fingerprint density at radius 1 is 0.939 bits per heavy atom. The van der Waals surface area contributed by atoms with Gasteiger partial charge in [0.2, 0.25) is 5.91 Å². The summed E-state index contributed by atoms with van der Waals surface area (Å²) in [5, 5.41) is 7.06. The largest absolute Gasteiger partial charge is 0.497 e. The molecule has 0 fully saturated rings. The third kappa shape index (κ3) is 6.49. The number of rotatable bonds is 11. The summed E-state index contributed by atoms with van der Waals surface area (Å²) in [4.78, 5) is 24.6. The fraction of sp³-hybridized carbons (Fsp3) is 0.292. The van der Waals surface area contributed by atoms with Crippen LogP contribution in [0.25, 0.3) is 11.3 Å². The fourth-order valence-electron chi connectivity index (χ4n) is 3.07. The summed E-state index contributed by atoms with van der Waals surface area (Å²) in [5.41, 5.74) is 0.744. The average Bonchev–Trinajstić information content (AvgIpc) is 2.84. The zero-order chi connectivity index (χ0) is 23.6. The van der Waals surface area contributed by atoms with Crippen LogP contribution in [0, 0.1) is 0 Å². The van der Waals surface area contributed by atoms with E-state index >= 15 is 0 Å². The Hall–Kier alpha value is -4.01. The topological polar surface area (TPSA) is 101 Å². The smallest absolute Gasteiger partial charge is 0.267 e. The molecule has 1 amide bonds. The molecule has 1 heterocycles. The van der Waals surface area contributed by atoms with Crippen LogP contribution in [0.5, 0.6) is 23.0 Å². The first-order valence-electron chi connectivity index (χ1n) is 10.5. The highest BCUT2D eigenvalue weighted by molar-refractivity contribution is 5.75. The molecule has 1 aromatic heterocycles. The Balaban J connectivity index is 1.58. The van der Waals surface area contributed by atoms with Gasteiger partial charge in [-0.25, -0.2) is 4.68 Å². The van der Waals surface area contributed by atoms with Gasteiger partial charge in [0.15, 0.2) is 0 Å². The van der Waals surface area contributed by atoms with Gasteiger partial charge in [0.25, 0.3) is 5.56 Å². The highest BCUT2D eigenvalue weighted by atomic mass is 16.5. The number of nitrogens with one attached hydrogen (secondary N) is 1. The molecule has 0 aliphatic carbocycles. The molecule has 9 nitrogen and oxygen atoms in total. The number of benzene rings is 2. The maximum absolute atomic E-state index is 12.3. The molecule has 2 aromatic carbocycles. The van der Waals surface area contributed by atoms with Crippen molar-refractivity contribution in [2.75, 3.05) is 34.0 Å². The zero-order valence-corrected chi connectivity index (χ0v) is 18.9. The first-order valence-corrected chi connectivity index (χ1v) is 10.5. The first-order chi connectivity index (χ1) is 16.0. The SMILES string of the molecule is CCOc1ccc(OCCNC(=O)Cn2nc(-c3cc(OC)ccc3OC)ccc2=O)cc1. The third-order valence-electron chi connectivity index (χ3n) is 4.67. The summed E-state index contributed by atoms with van der Waals surface area (Å²) < 4.78 is 22.8. The summed E-state index contributed by atoms with van der Waals surface area (Å²) in [6.07, 6.45) is 0. The van der Waals surface area contributed by atoms with E-state index in [4.69, 9.17) is 18.9 Å². The zero-order valence-electron chi connectivity index (χ0n) is 18.9. The lowest BCUT2D eigenvalue weighted by Gasteiger charge is -2.12. The Morgan fingerprint density at radius 2 is 1.64 bits per heavy atom. The summed E-state index contributed by atoms with van der Waals surface area (Å²) in [5.74, 6) is 2.28. The normalized spacial score (nSPS) is 10.4. The van der Waals surface area contributed by atoms with Crippen molar-refractivity contribution in [3.05, 3.63) is 65.0 Å². The minimum absolute atomic E-state index is 0.220. The molecule has 0 unspecified atom stereocenters. The predicted molar refractivity (Wildman–Crippen MR) is 123 cm³/mol. The predicted octanol–water partition coefficient (Wildman–Crippen LogP) is 2.52. The van der Waals surface area contributed by atoms with E-state index in [9.17, 15) is 9.59 Å². The van der Waals surface area contributed by atoms with Gasteiger partial charge < -0.3 is 24.3 Å². The molecule has 3 aromatic rings. The van der Waals surface area contributed by atoms with E-state index in [0.717, 1.165) is 10.4 Å². The van der Waals surface area contributed by atoms with Gasteiger partial charge in [-0.2, -0.15) is 5.10 Å². The lowest BCUT2D eigenvalue weighted by atomic mass is 10.1. The average molecular weight is 453 g/mol. The van der Waals surface area contributed by atoms with Crippen molar-refractivity contribution in [1.29, 1.82) is 0 Å². The van der Waals surface area contributed by atoms with Crippen LogP contribution in [0.1, 0.15) is 6.92 Å². The van der Waals surface area contributed by atoms with Crippen molar-refractivity contribution in [3.8, 4) is 34.3 Å². The van der Waals surface area contributed by atoms with Crippen molar-refractivity contribution in [2.45, 2.75) is 13.5 Å². The second kappa shape index (κ2) is 11.6. The Morgan fingerprint density at radius 3 is 2.30 bits per heavy atom. The van der Waals surface area contributed by atoms with E-state index in [1.54, 1.807) is 50.6 Å². The number of ether oxygens (including phenoxy) is 4. The molecule has 0 radical (unpaired) electrons. The number of aromatic nitrogens is 2. The lowest BCUT2D eigenvalue weighted by Crippen LogP contribution is -2.35. The van der Waals surface area contributed by atoms with E-state index in [1.165, 1.54) is 6.07 Å². The Bertz CT molecular complexity index is 1130. The van der Waals surface area contributed by atoms with Crippen LogP contribution in [0.15, 0.2) is 59.4 Å². The van der Waals surface area contributed by atoms with Gasteiger partial charge in [0.05, 0.1) is 33.1 Å². The van der Waals surface area contributed by atoms with Crippen LogP contribution in [-0.2, 0) is 11.3 Å². The van der Waals surface area contributed by atoms with Crippen molar-refractivity contribution in [2.24, 2.45) is 0 Å². The Kier molecular flexibility index (Phi) is 8.29. The van der Waals surface area contributed by atoms with E-state index in [1.807, 2.05) is 19.1 Å². The molecular formula is C24H27N3O6. The van der Waals surface area contributed by atoms with Gasteiger partial charge in [-0.05, 0) is 55.5 Å². The molecule has 33 heavy (non-hydrogen) atoms. The number of carbonyl (C=O) groups excluding carboxylic acids is 1. The quantitative estimate of drug-likeness (QED) is 0.445. The molecule has 0 spiro atoms. The number of hydrogen-bond acceptors (Lipinski definition) is 7. The monoisotopic (exact) mass is 453 g/mol. The molecule has 0 atom stereocenters. The number of hydrogen-bond donors (Lipinski definition) is 1. The van der Waals surface area contributed by atoms with Crippen molar-refractivity contribution >= 4 is 5.91 Å². The molecule has 174 valence electrons. The summed E-state index contributed by atoms with van der Waals surface area (Å²) in [6, 6.07) is 15.5. The lowest BCUT2D eigenvalue weighted by molar-refractivity contribution is -0.122. The van der Waals surface area contributed by atoms with E-state index in [2.05, 4.69) is 10.4 Å². The van der Waals surface area contributed by atoms with E-state index in [0.29, 0.717) is 35.1 Å². The first kappa shape index (κ1) is 23.6. The second-order valence-electron chi connectivity index (χ2n) is 6.88. The molecular weight excluding hydrogens is 426 g/mol. The van der Waals surface area contributed by atoms with Gasteiger partial charge in [-0.15, -0.1) is 0 Å². The number of amides is 1. The number of methoxy groups -OCH3 is 2. The van der Waals surface area contributed by atoms with E-state index in [-0.39, 0.29) is 31.2 Å². The number of nitrogens with zero attached hydrogens (tertiary/aromatic N) is 2. The molecule has 3 rings (SSSR count). The van der Waals surface area contributed by atoms with Crippen LogP contribution < -0.4 is 29.8 Å². The van der Waals surface area contributed by atoms with Crippen molar-refractivity contribution < 1.29 is 23.7 Å². The van der Waals surface area contributed by atoms with Gasteiger partial charge in [0, 0.05) is 11.6 Å². The summed E-state index contributed by atoms with van der Waals surface area (Å²) >= 11 is 0. The molecule has 0 aliphatic heterocycles. The standard InChI is InChI=1S/C24H27N3O6/c1-4-32-17-5-7-18(8-6-17)33-14-13-25-23(28)16-27-24(29)12-10-21(26-27)20-15-19(30-2)9-11-22(20)31-3/h5-12,15H,4,13-14,16H2,1-3H3,(H,25,28). The molecule has 0 saturated heterocycles. The highest BCUT2D eigenvalue weighted by Crippen LogP contribution is 2.31. The van der Waals surface area contributed by atoms with E-state index < -0.39 is 0 Å². The van der Waals surface area contributed by atoms with Crippen LogP contribution in [0.3, 0.4) is 0 Å². The fourth-order valence-corrected chi connectivity index (χ4v) is 3.07. The second-order valence-corrected chi connectivity index (χ2v) is 6.88. The summed E-state index contributed by atoms with van der Waals surface area (Å²) in [6.45, 7) is 2.86. The van der Waals surface area contributed by atoms with Gasteiger partial charge in [-0.1, -0.05) is 0 Å². The maximum Gasteiger partial charge on any atom is 0.267 e. The third-order valence-corrected chi connectivity index (χ3v) is 4.67. The van der Waals surface area contributed by atoms with Crippen LogP contribution in [0.4, 0.5) is 0 Å². The van der Waals surface area contributed by atoms with Crippen molar-refractivity contribution in [1.82, 2.24) is 15.1 Å². The Labute approximate surface area is 191 Å². The van der Waals surface area contributed by atoms with Crippen molar-refractivity contribution in [3.63, 3.8) is 0 Å². The minimum Gasteiger partial charge on any atom is -0.497 e. The van der Waals surface area contributed by atoms with Gasteiger partial charge >= 0.3 is 0 Å². The number of carbonyl (C=O) groups is 1. The maximum atomic E-state index is 12.3. The van der Waals surface area contributed by atoms with Gasteiger partial charge in [0.1, 0.15) is 36.1 Å². The van der Waals surface area contributed by atoms with Crippen LogP contribution >= 0.6 is 0 Å². The molecule has 0 aliphatic rings. The van der Waals surface area contributed by atoms with Crippen LogP contribution in [0.2, 0.25) is 0 Å². The van der Waals surface area contributed by atoms with Crippen LogP contribution in [-0.4, -0.2) is 49.7 Å². The minimum atomic E-state index is -0.388.